The highest BCUT2D eigenvalue weighted by atomic mass is 16.5. The molecular weight excluding hydrogens is 306 g/mol. The van der Waals surface area contributed by atoms with Gasteiger partial charge in [-0.2, -0.15) is 0 Å². The van der Waals surface area contributed by atoms with E-state index in [0.717, 1.165) is 17.5 Å². The van der Waals surface area contributed by atoms with Crippen molar-refractivity contribution in [2.24, 2.45) is 0 Å². The summed E-state index contributed by atoms with van der Waals surface area (Å²) in [6.07, 6.45) is 0.392. The molecule has 2 N–H and O–H groups in total. The molecule has 0 aliphatic heterocycles. The minimum absolute atomic E-state index is 0.101. The van der Waals surface area contributed by atoms with Crippen LogP contribution in [0.2, 0.25) is 0 Å². The molecule has 0 spiro atoms. The molecule has 0 saturated carbocycles. The molecule has 1 atom stereocenters. The summed E-state index contributed by atoms with van der Waals surface area (Å²) in [6.45, 7) is 2.16. The molecular formula is C19H21NO4. The molecule has 0 aliphatic rings. The van der Waals surface area contributed by atoms with Crippen LogP contribution in [0.4, 0.5) is 4.79 Å². The molecule has 0 fully saturated rings. The van der Waals surface area contributed by atoms with E-state index in [1.807, 2.05) is 54.6 Å². The van der Waals surface area contributed by atoms with Crippen molar-refractivity contribution in [3.8, 4) is 0 Å². The fourth-order valence-electron chi connectivity index (χ4n) is 2.25. The Hall–Kier alpha value is -2.82. The Morgan fingerprint density at radius 2 is 1.62 bits per heavy atom. The summed E-state index contributed by atoms with van der Waals surface area (Å²) in [6, 6.07) is 15.9. The highest BCUT2D eigenvalue weighted by Gasteiger charge is 2.21. The summed E-state index contributed by atoms with van der Waals surface area (Å²) in [7, 11) is 0. The van der Waals surface area contributed by atoms with Gasteiger partial charge in [-0.3, -0.25) is 0 Å². The monoisotopic (exact) mass is 327 g/mol. The van der Waals surface area contributed by atoms with Crippen molar-refractivity contribution < 1.29 is 19.4 Å². The largest absolute Gasteiger partial charge is 0.480 e. The average molecular weight is 327 g/mol. The number of rotatable bonds is 7. The van der Waals surface area contributed by atoms with Gasteiger partial charge in [0.15, 0.2) is 0 Å². The lowest BCUT2D eigenvalue weighted by atomic mass is 10.0. The number of carbonyl (C=O) groups excluding carboxylic acids is 1. The highest BCUT2D eigenvalue weighted by Crippen LogP contribution is 2.08. The molecule has 5 heteroatoms. The molecule has 0 unspecified atom stereocenters. The minimum atomic E-state index is -1.09. The lowest BCUT2D eigenvalue weighted by Gasteiger charge is -2.15. The zero-order valence-corrected chi connectivity index (χ0v) is 13.6. The van der Waals surface area contributed by atoms with E-state index in [1.54, 1.807) is 0 Å². The SMILES string of the molecule is CCc1ccc(C[C@@H](NC(=O)OCc2ccccc2)C(=O)O)cc1. The predicted molar refractivity (Wildman–Crippen MR) is 90.7 cm³/mol. The van der Waals surface area contributed by atoms with Crippen LogP contribution < -0.4 is 5.32 Å². The Labute approximate surface area is 141 Å². The molecule has 1 amide bonds. The molecule has 2 aromatic carbocycles. The summed E-state index contributed by atoms with van der Waals surface area (Å²) in [4.78, 5) is 23.2. The minimum Gasteiger partial charge on any atom is -0.480 e. The number of carbonyl (C=O) groups is 2. The number of benzene rings is 2. The van der Waals surface area contributed by atoms with Crippen LogP contribution in [0.15, 0.2) is 54.6 Å². The van der Waals surface area contributed by atoms with Crippen molar-refractivity contribution in [3.63, 3.8) is 0 Å². The second-order valence-electron chi connectivity index (χ2n) is 5.47. The molecule has 2 aromatic rings. The first-order valence-corrected chi connectivity index (χ1v) is 7.86. The Kier molecular flexibility index (Phi) is 6.37. The lowest BCUT2D eigenvalue weighted by molar-refractivity contribution is -0.139. The fourth-order valence-corrected chi connectivity index (χ4v) is 2.25. The van der Waals surface area contributed by atoms with Crippen LogP contribution in [-0.2, 0) is 29.0 Å². The predicted octanol–water partition coefficient (Wildman–Crippen LogP) is 3.17. The fraction of sp³-hybridized carbons (Fsp3) is 0.263. The van der Waals surface area contributed by atoms with E-state index in [4.69, 9.17) is 4.74 Å². The van der Waals surface area contributed by atoms with Crippen molar-refractivity contribution >= 4 is 12.1 Å². The van der Waals surface area contributed by atoms with E-state index in [1.165, 1.54) is 5.56 Å². The van der Waals surface area contributed by atoms with E-state index >= 15 is 0 Å². The van der Waals surface area contributed by atoms with Crippen LogP contribution in [0, 0.1) is 0 Å². The molecule has 126 valence electrons. The van der Waals surface area contributed by atoms with Gasteiger partial charge >= 0.3 is 12.1 Å². The molecule has 2 rings (SSSR count). The second-order valence-corrected chi connectivity index (χ2v) is 5.47. The van der Waals surface area contributed by atoms with Crippen molar-refractivity contribution in [1.29, 1.82) is 0 Å². The molecule has 0 aromatic heterocycles. The van der Waals surface area contributed by atoms with Crippen molar-refractivity contribution in [2.75, 3.05) is 0 Å². The standard InChI is InChI=1S/C19H21NO4/c1-2-14-8-10-15(11-9-14)12-17(18(21)22)20-19(23)24-13-16-6-4-3-5-7-16/h3-11,17H,2,12-13H2,1H3,(H,20,23)(H,21,22)/t17-/m1/s1. The number of aliphatic carboxylic acids is 1. The first kappa shape index (κ1) is 17.5. The van der Waals surface area contributed by atoms with Crippen LogP contribution in [0.1, 0.15) is 23.6 Å². The molecule has 0 radical (unpaired) electrons. The molecule has 5 nitrogen and oxygen atoms in total. The maximum atomic E-state index is 11.8. The first-order chi connectivity index (χ1) is 11.6. The van der Waals surface area contributed by atoms with Crippen LogP contribution in [0.5, 0.6) is 0 Å². The van der Waals surface area contributed by atoms with E-state index in [-0.39, 0.29) is 13.0 Å². The number of carboxylic acids is 1. The van der Waals surface area contributed by atoms with E-state index in [2.05, 4.69) is 12.2 Å². The number of hydrogen-bond acceptors (Lipinski definition) is 3. The van der Waals surface area contributed by atoms with Gasteiger partial charge in [-0.15, -0.1) is 0 Å². The number of aryl methyl sites for hydroxylation is 1. The zero-order valence-electron chi connectivity index (χ0n) is 13.6. The van der Waals surface area contributed by atoms with Gasteiger partial charge in [0.25, 0.3) is 0 Å². The average Bonchev–Trinajstić information content (AvgIpc) is 2.61. The number of amides is 1. The quantitative estimate of drug-likeness (QED) is 0.819. The third-order valence-electron chi connectivity index (χ3n) is 3.67. The maximum Gasteiger partial charge on any atom is 0.408 e. The van der Waals surface area contributed by atoms with Gasteiger partial charge in [0, 0.05) is 6.42 Å². The Morgan fingerprint density at radius 1 is 1.00 bits per heavy atom. The van der Waals surface area contributed by atoms with Gasteiger partial charge in [-0.05, 0) is 23.1 Å². The smallest absolute Gasteiger partial charge is 0.408 e. The summed E-state index contributed by atoms with van der Waals surface area (Å²) in [5.74, 6) is -1.09. The summed E-state index contributed by atoms with van der Waals surface area (Å²) >= 11 is 0. The lowest BCUT2D eigenvalue weighted by Crippen LogP contribution is -2.42. The normalized spacial score (nSPS) is 11.5. The van der Waals surface area contributed by atoms with Gasteiger partial charge in [0.1, 0.15) is 12.6 Å². The topological polar surface area (TPSA) is 75.6 Å². The van der Waals surface area contributed by atoms with Crippen LogP contribution in [0.3, 0.4) is 0 Å². The second kappa shape index (κ2) is 8.72. The Morgan fingerprint density at radius 3 is 2.21 bits per heavy atom. The first-order valence-electron chi connectivity index (χ1n) is 7.86. The third-order valence-corrected chi connectivity index (χ3v) is 3.67. The molecule has 0 saturated heterocycles. The summed E-state index contributed by atoms with van der Waals surface area (Å²) < 4.78 is 5.07. The summed E-state index contributed by atoms with van der Waals surface area (Å²) in [5.41, 5.74) is 2.87. The van der Waals surface area contributed by atoms with Gasteiger partial charge < -0.3 is 15.2 Å². The van der Waals surface area contributed by atoms with Crippen molar-refractivity contribution in [3.05, 3.63) is 71.3 Å². The molecule has 0 bridgehead atoms. The van der Waals surface area contributed by atoms with E-state index in [0.29, 0.717) is 0 Å². The van der Waals surface area contributed by atoms with Gasteiger partial charge in [-0.1, -0.05) is 61.5 Å². The van der Waals surface area contributed by atoms with Crippen molar-refractivity contribution in [2.45, 2.75) is 32.4 Å². The molecule has 0 aliphatic carbocycles. The number of hydrogen-bond donors (Lipinski definition) is 2. The highest BCUT2D eigenvalue weighted by molar-refractivity contribution is 5.80. The van der Waals surface area contributed by atoms with Crippen LogP contribution in [0.25, 0.3) is 0 Å². The number of carboxylic acid groups (broad SMARTS) is 1. The van der Waals surface area contributed by atoms with Crippen LogP contribution >= 0.6 is 0 Å². The number of nitrogens with one attached hydrogen (secondary N) is 1. The van der Waals surface area contributed by atoms with E-state index in [9.17, 15) is 14.7 Å². The van der Waals surface area contributed by atoms with Crippen molar-refractivity contribution in [1.82, 2.24) is 5.32 Å². The maximum absolute atomic E-state index is 11.8. The Balaban J connectivity index is 1.90. The van der Waals surface area contributed by atoms with Gasteiger partial charge in [0.05, 0.1) is 0 Å². The summed E-state index contributed by atoms with van der Waals surface area (Å²) in [5, 5.41) is 11.7. The number of alkyl carbamates (subject to hydrolysis) is 1. The number of ether oxygens (including phenoxy) is 1. The molecule has 0 heterocycles. The van der Waals surface area contributed by atoms with E-state index < -0.39 is 18.1 Å². The third kappa shape index (κ3) is 5.43. The zero-order chi connectivity index (χ0) is 17.4. The van der Waals surface area contributed by atoms with Gasteiger partial charge in [-0.25, -0.2) is 9.59 Å². The Bertz CT molecular complexity index is 668. The van der Waals surface area contributed by atoms with Crippen LogP contribution in [-0.4, -0.2) is 23.2 Å². The molecule has 24 heavy (non-hydrogen) atoms. The van der Waals surface area contributed by atoms with Gasteiger partial charge in [0.2, 0.25) is 0 Å².